The zero-order valence-electron chi connectivity index (χ0n) is 12.4. The molecular formula is C18H15NO3. The lowest BCUT2D eigenvalue weighted by molar-refractivity contribution is 0.0736. The first-order chi connectivity index (χ1) is 10.6. The Morgan fingerprint density at radius 2 is 1.73 bits per heavy atom. The second kappa shape index (κ2) is 5.48. The summed E-state index contributed by atoms with van der Waals surface area (Å²) in [6.07, 6.45) is 0. The standard InChI is InChI=1S/C18H15NO3/c1-12-7-3-4-8-13(12)18(21)22-16-11-17(20)19(2)15-10-6-5-9-14(15)16/h3-11H,1-2H3. The molecule has 0 aliphatic carbocycles. The first kappa shape index (κ1) is 14.1. The number of benzene rings is 2. The highest BCUT2D eigenvalue weighted by molar-refractivity contribution is 5.95. The van der Waals surface area contributed by atoms with Crippen LogP contribution in [-0.2, 0) is 7.05 Å². The molecule has 0 radical (unpaired) electrons. The van der Waals surface area contributed by atoms with Crippen molar-refractivity contribution in [1.82, 2.24) is 4.57 Å². The predicted octanol–water partition coefficient (Wildman–Crippen LogP) is 3.07. The Balaban J connectivity index is 2.09. The second-order valence-electron chi connectivity index (χ2n) is 5.13. The van der Waals surface area contributed by atoms with Gasteiger partial charge in [0.15, 0.2) is 0 Å². The van der Waals surface area contributed by atoms with E-state index in [0.717, 1.165) is 16.5 Å². The largest absolute Gasteiger partial charge is 0.422 e. The summed E-state index contributed by atoms with van der Waals surface area (Å²) in [6, 6.07) is 15.9. The number of pyridine rings is 1. The van der Waals surface area contributed by atoms with Crippen LogP contribution in [0.25, 0.3) is 10.9 Å². The van der Waals surface area contributed by atoms with Crippen molar-refractivity contribution >= 4 is 16.9 Å². The third kappa shape index (κ3) is 2.39. The van der Waals surface area contributed by atoms with Crippen molar-refractivity contribution in [2.45, 2.75) is 6.92 Å². The first-order valence-electron chi connectivity index (χ1n) is 6.94. The molecule has 0 fully saturated rings. The van der Waals surface area contributed by atoms with Gasteiger partial charge in [0, 0.05) is 18.5 Å². The molecule has 0 atom stereocenters. The number of esters is 1. The van der Waals surface area contributed by atoms with E-state index in [0.29, 0.717) is 5.56 Å². The highest BCUT2D eigenvalue weighted by Crippen LogP contribution is 2.24. The van der Waals surface area contributed by atoms with E-state index in [4.69, 9.17) is 4.74 Å². The molecule has 0 amide bonds. The van der Waals surface area contributed by atoms with E-state index in [2.05, 4.69) is 0 Å². The van der Waals surface area contributed by atoms with E-state index in [1.165, 1.54) is 10.6 Å². The van der Waals surface area contributed by atoms with E-state index in [1.54, 1.807) is 19.2 Å². The van der Waals surface area contributed by atoms with Gasteiger partial charge in [-0.1, -0.05) is 30.3 Å². The molecule has 0 saturated carbocycles. The summed E-state index contributed by atoms with van der Waals surface area (Å²) in [4.78, 5) is 24.4. The summed E-state index contributed by atoms with van der Waals surface area (Å²) in [7, 11) is 1.69. The van der Waals surface area contributed by atoms with Crippen LogP contribution in [-0.4, -0.2) is 10.5 Å². The highest BCUT2D eigenvalue weighted by atomic mass is 16.5. The van der Waals surface area contributed by atoms with E-state index < -0.39 is 5.97 Å². The van der Waals surface area contributed by atoms with Crippen LogP contribution in [0.4, 0.5) is 0 Å². The number of aryl methyl sites for hydroxylation is 2. The van der Waals surface area contributed by atoms with Gasteiger partial charge in [0.25, 0.3) is 5.56 Å². The second-order valence-corrected chi connectivity index (χ2v) is 5.13. The van der Waals surface area contributed by atoms with Gasteiger partial charge in [-0.15, -0.1) is 0 Å². The molecule has 0 aliphatic rings. The Bertz CT molecular complexity index is 925. The zero-order chi connectivity index (χ0) is 15.7. The maximum absolute atomic E-state index is 12.3. The number of rotatable bonds is 2. The molecule has 3 aromatic rings. The lowest BCUT2D eigenvalue weighted by atomic mass is 10.1. The SMILES string of the molecule is Cc1ccccc1C(=O)Oc1cc(=O)n(C)c2ccccc12. The maximum Gasteiger partial charge on any atom is 0.343 e. The number of ether oxygens (including phenoxy) is 1. The number of para-hydroxylation sites is 1. The van der Waals surface area contributed by atoms with Crippen molar-refractivity contribution in [2.24, 2.45) is 7.05 Å². The molecule has 1 heterocycles. The number of fused-ring (bicyclic) bond motifs is 1. The van der Waals surface area contributed by atoms with Crippen molar-refractivity contribution in [1.29, 1.82) is 0 Å². The topological polar surface area (TPSA) is 48.3 Å². The minimum atomic E-state index is -0.462. The molecule has 0 spiro atoms. The van der Waals surface area contributed by atoms with Gasteiger partial charge in [0.2, 0.25) is 0 Å². The Morgan fingerprint density at radius 1 is 1.05 bits per heavy atom. The summed E-state index contributed by atoms with van der Waals surface area (Å²) < 4.78 is 7.01. The molecule has 22 heavy (non-hydrogen) atoms. The molecule has 110 valence electrons. The predicted molar refractivity (Wildman–Crippen MR) is 85.3 cm³/mol. The Labute approximate surface area is 127 Å². The summed E-state index contributed by atoms with van der Waals surface area (Å²) >= 11 is 0. The van der Waals surface area contributed by atoms with E-state index in [1.807, 2.05) is 43.3 Å². The molecule has 0 bridgehead atoms. The van der Waals surface area contributed by atoms with Crippen LogP contribution in [0.1, 0.15) is 15.9 Å². The smallest absolute Gasteiger partial charge is 0.343 e. The van der Waals surface area contributed by atoms with E-state index >= 15 is 0 Å². The fourth-order valence-electron chi connectivity index (χ4n) is 2.42. The minimum absolute atomic E-state index is 0.216. The number of hydrogen-bond donors (Lipinski definition) is 0. The quantitative estimate of drug-likeness (QED) is 0.682. The minimum Gasteiger partial charge on any atom is -0.422 e. The van der Waals surface area contributed by atoms with Crippen LogP contribution in [0, 0.1) is 6.92 Å². The average molecular weight is 293 g/mol. The van der Waals surface area contributed by atoms with E-state index in [-0.39, 0.29) is 11.3 Å². The molecule has 4 heteroatoms. The lowest BCUT2D eigenvalue weighted by Gasteiger charge is -2.11. The molecule has 0 aliphatic heterocycles. The number of hydrogen-bond acceptors (Lipinski definition) is 3. The summed E-state index contributed by atoms with van der Waals surface area (Å²) in [6.45, 7) is 1.85. The van der Waals surface area contributed by atoms with Crippen LogP contribution >= 0.6 is 0 Å². The number of aromatic nitrogens is 1. The maximum atomic E-state index is 12.3. The van der Waals surface area contributed by atoms with Crippen LogP contribution in [0.3, 0.4) is 0 Å². The lowest BCUT2D eigenvalue weighted by Crippen LogP contribution is -2.18. The van der Waals surface area contributed by atoms with Crippen LogP contribution in [0.5, 0.6) is 5.75 Å². The molecule has 0 unspecified atom stereocenters. The van der Waals surface area contributed by atoms with Gasteiger partial charge in [-0.3, -0.25) is 4.79 Å². The summed E-state index contributed by atoms with van der Waals surface area (Å²) in [5, 5.41) is 0.728. The van der Waals surface area contributed by atoms with Crippen LogP contribution < -0.4 is 10.3 Å². The normalized spacial score (nSPS) is 10.6. The van der Waals surface area contributed by atoms with Gasteiger partial charge in [-0.05, 0) is 30.7 Å². The third-order valence-corrected chi connectivity index (χ3v) is 3.68. The first-order valence-corrected chi connectivity index (χ1v) is 6.94. The Kier molecular flexibility index (Phi) is 3.51. The highest BCUT2D eigenvalue weighted by Gasteiger charge is 2.14. The molecule has 0 saturated heterocycles. The van der Waals surface area contributed by atoms with Crippen molar-refractivity contribution in [3.8, 4) is 5.75 Å². The van der Waals surface area contributed by atoms with Crippen LogP contribution in [0.15, 0.2) is 59.4 Å². The fraction of sp³-hybridized carbons (Fsp3) is 0.111. The summed E-state index contributed by atoms with van der Waals surface area (Å²) in [5.74, 6) is -0.177. The Hall–Kier alpha value is -2.88. The molecule has 1 aromatic heterocycles. The number of carbonyl (C=O) groups is 1. The monoisotopic (exact) mass is 293 g/mol. The van der Waals surface area contributed by atoms with Gasteiger partial charge in [0.05, 0.1) is 11.1 Å². The summed E-state index contributed by atoms with van der Waals surface area (Å²) in [5.41, 5.74) is 1.83. The Morgan fingerprint density at radius 3 is 2.50 bits per heavy atom. The van der Waals surface area contributed by atoms with Crippen molar-refractivity contribution in [3.63, 3.8) is 0 Å². The van der Waals surface area contributed by atoms with Crippen molar-refractivity contribution in [3.05, 3.63) is 76.1 Å². The van der Waals surface area contributed by atoms with Crippen LogP contribution in [0.2, 0.25) is 0 Å². The van der Waals surface area contributed by atoms with Gasteiger partial charge in [-0.25, -0.2) is 4.79 Å². The van der Waals surface area contributed by atoms with Gasteiger partial charge >= 0.3 is 5.97 Å². The average Bonchev–Trinajstić information content (AvgIpc) is 2.52. The molecule has 2 aromatic carbocycles. The fourth-order valence-corrected chi connectivity index (χ4v) is 2.42. The van der Waals surface area contributed by atoms with Gasteiger partial charge in [0.1, 0.15) is 5.75 Å². The molecule has 4 nitrogen and oxygen atoms in total. The van der Waals surface area contributed by atoms with E-state index in [9.17, 15) is 9.59 Å². The third-order valence-electron chi connectivity index (χ3n) is 3.68. The van der Waals surface area contributed by atoms with Crippen molar-refractivity contribution in [2.75, 3.05) is 0 Å². The zero-order valence-corrected chi connectivity index (χ0v) is 12.4. The van der Waals surface area contributed by atoms with Gasteiger partial charge < -0.3 is 9.30 Å². The number of nitrogens with zero attached hydrogens (tertiary/aromatic N) is 1. The molecular weight excluding hydrogens is 278 g/mol. The molecule has 0 N–H and O–H groups in total. The van der Waals surface area contributed by atoms with Gasteiger partial charge in [-0.2, -0.15) is 0 Å². The van der Waals surface area contributed by atoms with Crippen molar-refractivity contribution < 1.29 is 9.53 Å². The number of carbonyl (C=O) groups excluding carboxylic acids is 1. The molecule has 3 rings (SSSR count).